The Morgan fingerprint density at radius 1 is 1.36 bits per heavy atom. The van der Waals surface area contributed by atoms with E-state index in [-0.39, 0.29) is 5.13 Å². The molecular formula is C14H13F3N2O2S. The van der Waals surface area contributed by atoms with E-state index in [0.29, 0.717) is 17.7 Å². The predicted octanol–water partition coefficient (Wildman–Crippen LogP) is 4.48. The summed E-state index contributed by atoms with van der Waals surface area (Å²) >= 11 is 0.855. The Kier molecular flexibility index (Phi) is 4.70. The lowest BCUT2D eigenvalue weighted by molar-refractivity contribution is -0.141. The predicted molar refractivity (Wildman–Crippen MR) is 77.5 cm³/mol. The van der Waals surface area contributed by atoms with Crippen LogP contribution in [0.2, 0.25) is 0 Å². The Morgan fingerprint density at radius 2 is 2.00 bits per heavy atom. The van der Waals surface area contributed by atoms with Crippen molar-refractivity contribution in [2.45, 2.75) is 25.4 Å². The maximum Gasteiger partial charge on any atom is 0.434 e. The number of aromatic nitrogens is 1. The minimum Gasteiger partial charge on any atom is -0.481 e. The minimum atomic E-state index is -4.46. The second kappa shape index (κ2) is 6.35. The average molecular weight is 330 g/mol. The van der Waals surface area contributed by atoms with Gasteiger partial charge in [-0.2, -0.15) is 13.2 Å². The van der Waals surface area contributed by atoms with Crippen molar-refractivity contribution >= 4 is 28.1 Å². The van der Waals surface area contributed by atoms with Crippen LogP contribution >= 0.6 is 11.3 Å². The molecule has 22 heavy (non-hydrogen) atoms. The van der Waals surface area contributed by atoms with Crippen molar-refractivity contribution in [3.63, 3.8) is 0 Å². The lowest BCUT2D eigenvalue weighted by Gasteiger charge is -2.11. The van der Waals surface area contributed by atoms with Crippen LogP contribution < -0.4 is 5.32 Å². The number of halogens is 3. The zero-order valence-corrected chi connectivity index (χ0v) is 12.3. The molecule has 1 atom stereocenters. The van der Waals surface area contributed by atoms with Gasteiger partial charge in [-0.3, -0.25) is 4.79 Å². The molecule has 0 aliphatic rings. The second-order valence-electron chi connectivity index (χ2n) is 4.58. The Morgan fingerprint density at radius 3 is 2.45 bits per heavy atom. The highest BCUT2D eigenvalue weighted by atomic mass is 32.1. The largest absolute Gasteiger partial charge is 0.481 e. The lowest BCUT2D eigenvalue weighted by atomic mass is 9.96. The first-order chi connectivity index (χ1) is 10.3. The number of carboxylic acids is 1. The van der Waals surface area contributed by atoms with Gasteiger partial charge in [0.15, 0.2) is 10.8 Å². The number of carbonyl (C=O) groups is 1. The number of benzene rings is 1. The van der Waals surface area contributed by atoms with E-state index in [9.17, 15) is 18.0 Å². The third-order valence-electron chi connectivity index (χ3n) is 3.07. The van der Waals surface area contributed by atoms with Crippen LogP contribution in [0.25, 0.3) is 0 Å². The Bertz CT molecular complexity index is 653. The third-order valence-corrected chi connectivity index (χ3v) is 3.82. The number of rotatable bonds is 5. The van der Waals surface area contributed by atoms with Crippen molar-refractivity contribution in [2.24, 2.45) is 0 Å². The van der Waals surface area contributed by atoms with E-state index >= 15 is 0 Å². The molecule has 2 aromatic rings. The zero-order valence-electron chi connectivity index (χ0n) is 11.5. The molecule has 2 N–H and O–H groups in total. The minimum absolute atomic E-state index is 0.130. The van der Waals surface area contributed by atoms with Crippen LogP contribution in [0.4, 0.5) is 24.0 Å². The summed E-state index contributed by atoms with van der Waals surface area (Å²) in [5.74, 6) is -1.50. The molecule has 2 rings (SSSR count). The average Bonchev–Trinajstić information content (AvgIpc) is 2.89. The topological polar surface area (TPSA) is 62.2 Å². The van der Waals surface area contributed by atoms with Gasteiger partial charge in [-0.25, -0.2) is 4.98 Å². The summed E-state index contributed by atoms with van der Waals surface area (Å²) in [6, 6.07) is 6.52. The van der Waals surface area contributed by atoms with Gasteiger partial charge in [-0.05, 0) is 24.1 Å². The molecular weight excluding hydrogens is 317 g/mol. The van der Waals surface area contributed by atoms with Gasteiger partial charge in [0.05, 0.1) is 5.92 Å². The quantitative estimate of drug-likeness (QED) is 0.848. The smallest absolute Gasteiger partial charge is 0.434 e. The Labute approximate surface area is 128 Å². The van der Waals surface area contributed by atoms with Crippen LogP contribution in [0.3, 0.4) is 0 Å². The second-order valence-corrected chi connectivity index (χ2v) is 5.44. The summed E-state index contributed by atoms with van der Waals surface area (Å²) in [5, 5.41) is 12.9. The molecule has 0 spiro atoms. The van der Waals surface area contributed by atoms with Crippen molar-refractivity contribution in [1.29, 1.82) is 0 Å². The van der Waals surface area contributed by atoms with Gasteiger partial charge in [-0.1, -0.05) is 19.1 Å². The number of thiazole rings is 1. The van der Waals surface area contributed by atoms with E-state index in [4.69, 9.17) is 5.11 Å². The maximum atomic E-state index is 12.5. The van der Waals surface area contributed by atoms with Gasteiger partial charge in [0.25, 0.3) is 0 Å². The van der Waals surface area contributed by atoms with E-state index in [1.54, 1.807) is 31.2 Å². The summed E-state index contributed by atoms with van der Waals surface area (Å²) in [6.45, 7) is 1.78. The molecule has 118 valence electrons. The highest BCUT2D eigenvalue weighted by molar-refractivity contribution is 7.13. The Balaban J connectivity index is 2.11. The standard InChI is InChI=1S/C14H13F3N2O2S/c1-2-10(12(20)21)8-3-5-9(6-4-8)18-13-19-11(7-22-13)14(15,16)17/h3-7,10H,2H2,1H3,(H,18,19)(H,20,21)/t10-/m0/s1. The summed E-state index contributed by atoms with van der Waals surface area (Å²) in [7, 11) is 0. The monoisotopic (exact) mass is 330 g/mol. The van der Waals surface area contributed by atoms with E-state index < -0.39 is 23.8 Å². The molecule has 0 aliphatic carbocycles. The number of hydrogen-bond acceptors (Lipinski definition) is 4. The summed E-state index contributed by atoms with van der Waals surface area (Å²) < 4.78 is 37.4. The van der Waals surface area contributed by atoms with Crippen LogP contribution in [-0.2, 0) is 11.0 Å². The Hall–Kier alpha value is -2.09. The number of aliphatic carboxylic acids is 1. The molecule has 1 aromatic heterocycles. The summed E-state index contributed by atoms with van der Waals surface area (Å²) in [5.41, 5.74) is 0.260. The first-order valence-corrected chi connectivity index (χ1v) is 7.31. The molecule has 8 heteroatoms. The molecule has 0 unspecified atom stereocenters. The molecule has 1 aromatic carbocycles. The van der Waals surface area contributed by atoms with Crippen LogP contribution in [0.15, 0.2) is 29.6 Å². The molecule has 0 fully saturated rings. The van der Waals surface area contributed by atoms with Crippen molar-refractivity contribution in [3.05, 3.63) is 40.9 Å². The third kappa shape index (κ3) is 3.76. The van der Waals surface area contributed by atoms with Crippen LogP contribution in [0, 0.1) is 0 Å². The fraction of sp³-hybridized carbons (Fsp3) is 0.286. The first-order valence-electron chi connectivity index (χ1n) is 6.43. The fourth-order valence-corrected chi connectivity index (χ4v) is 2.67. The number of alkyl halides is 3. The normalized spacial score (nSPS) is 12.9. The van der Waals surface area contributed by atoms with Crippen molar-refractivity contribution in [3.8, 4) is 0 Å². The zero-order chi connectivity index (χ0) is 16.3. The molecule has 4 nitrogen and oxygen atoms in total. The molecule has 0 saturated heterocycles. The molecule has 0 radical (unpaired) electrons. The highest BCUT2D eigenvalue weighted by Crippen LogP contribution is 2.32. The molecule has 0 aliphatic heterocycles. The van der Waals surface area contributed by atoms with E-state index in [0.717, 1.165) is 16.7 Å². The number of carboxylic acid groups (broad SMARTS) is 1. The van der Waals surface area contributed by atoms with E-state index in [2.05, 4.69) is 10.3 Å². The molecule has 1 heterocycles. The SMILES string of the molecule is CC[C@H](C(=O)O)c1ccc(Nc2nc(C(F)(F)F)cs2)cc1. The number of nitrogens with one attached hydrogen (secondary N) is 1. The molecule has 0 saturated carbocycles. The van der Waals surface area contributed by atoms with Crippen molar-refractivity contribution < 1.29 is 23.1 Å². The van der Waals surface area contributed by atoms with Crippen LogP contribution in [0.5, 0.6) is 0 Å². The van der Waals surface area contributed by atoms with Gasteiger partial charge >= 0.3 is 12.1 Å². The van der Waals surface area contributed by atoms with Gasteiger partial charge < -0.3 is 10.4 Å². The lowest BCUT2D eigenvalue weighted by Crippen LogP contribution is -2.10. The van der Waals surface area contributed by atoms with E-state index in [1.165, 1.54) is 0 Å². The summed E-state index contributed by atoms with van der Waals surface area (Å²) in [4.78, 5) is 14.5. The number of nitrogens with zero attached hydrogens (tertiary/aromatic N) is 1. The van der Waals surface area contributed by atoms with Crippen LogP contribution in [0.1, 0.15) is 30.5 Å². The number of anilines is 2. The fourth-order valence-electron chi connectivity index (χ4n) is 1.94. The molecule has 0 amide bonds. The van der Waals surface area contributed by atoms with Gasteiger partial charge in [-0.15, -0.1) is 11.3 Å². The van der Waals surface area contributed by atoms with Gasteiger partial charge in [0.1, 0.15) is 0 Å². The van der Waals surface area contributed by atoms with Crippen molar-refractivity contribution in [1.82, 2.24) is 4.98 Å². The highest BCUT2D eigenvalue weighted by Gasteiger charge is 2.33. The van der Waals surface area contributed by atoms with Crippen LogP contribution in [-0.4, -0.2) is 16.1 Å². The van der Waals surface area contributed by atoms with Gasteiger partial charge in [0.2, 0.25) is 0 Å². The number of hydrogen-bond donors (Lipinski definition) is 2. The first kappa shape index (κ1) is 16.3. The molecule has 0 bridgehead atoms. The summed E-state index contributed by atoms with van der Waals surface area (Å²) in [6.07, 6.45) is -4.00. The van der Waals surface area contributed by atoms with Gasteiger partial charge in [0, 0.05) is 11.1 Å². The maximum absolute atomic E-state index is 12.5. The van der Waals surface area contributed by atoms with E-state index in [1.807, 2.05) is 0 Å². The van der Waals surface area contributed by atoms with Crippen molar-refractivity contribution in [2.75, 3.05) is 5.32 Å².